The van der Waals surface area contributed by atoms with Gasteiger partial charge in [0.1, 0.15) is 0 Å². The van der Waals surface area contributed by atoms with Gasteiger partial charge in [-0.3, -0.25) is 0 Å². The fraction of sp³-hybridized carbons (Fsp3) is 0.462. The van der Waals surface area contributed by atoms with Crippen LogP contribution in [0.15, 0.2) is 23.4 Å². The molecule has 3 N–H and O–H groups in total. The minimum atomic E-state index is 0.0707. The Bertz CT molecular complexity index is 471. The van der Waals surface area contributed by atoms with Gasteiger partial charge in [-0.2, -0.15) is 0 Å². The number of nitrogens with two attached hydrogens (primary N) is 1. The SMILES string of the molecule is CC(C1CC1)N(C)c1ccc(C(N)=NO)cc1Cl. The average molecular weight is 268 g/mol. The van der Waals surface area contributed by atoms with Gasteiger partial charge in [0.05, 0.1) is 10.7 Å². The lowest BCUT2D eigenvalue weighted by Gasteiger charge is -2.28. The Morgan fingerprint density at radius 2 is 2.22 bits per heavy atom. The molecule has 0 saturated heterocycles. The van der Waals surface area contributed by atoms with E-state index in [4.69, 9.17) is 22.5 Å². The van der Waals surface area contributed by atoms with Crippen molar-refractivity contribution in [2.24, 2.45) is 16.8 Å². The second-order valence-corrected chi connectivity index (χ2v) is 5.25. The van der Waals surface area contributed by atoms with Crippen LogP contribution in [-0.2, 0) is 0 Å². The van der Waals surface area contributed by atoms with Gasteiger partial charge in [-0.25, -0.2) is 0 Å². The smallest absolute Gasteiger partial charge is 0.170 e. The van der Waals surface area contributed by atoms with E-state index in [1.165, 1.54) is 12.8 Å². The van der Waals surface area contributed by atoms with Crippen LogP contribution in [0.1, 0.15) is 25.3 Å². The summed E-state index contributed by atoms with van der Waals surface area (Å²) in [5.74, 6) is 0.844. The normalized spacial score (nSPS) is 17.6. The van der Waals surface area contributed by atoms with E-state index in [2.05, 4.69) is 17.0 Å². The maximum Gasteiger partial charge on any atom is 0.170 e. The van der Waals surface area contributed by atoms with Crippen LogP contribution in [0, 0.1) is 5.92 Å². The molecule has 5 heteroatoms. The largest absolute Gasteiger partial charge is 0.409 e. The molecule has 0 aliphatic heterocycles. The summed E-state index contributed by atoms with van der Waals surface area (Å²) in [6, 6.07) is 5.93. The van der Waals surface area contributed by atoms with Crippen molar-refractivity contribution >= 4 is 23.1 Å². The van der Waals surface area contributed by atoms with E-state index < -0.39 is 0 Å². The van der Waals surface area contributed by atoms with Crippen molar-refractivity contribution in [3.05, 3.63) is 28.8 Å². The summed E-state index contributed by atoms with van der Waals surface area (Å²) in [5.41, 5.74) is 7.14. The molecule has 98 valence electrons. The maximum absolute atomic E-state index is 8.64. The number of rotatable bonds is 4. The van der Waals surface area contributed by atoms with E-state index >= 15 is 0 Å². The fourth-order valence-corrected chi connectivity index (χ4v) is 2.44. The number of amidine groups is 1. The lowest BCUT2D eigenvalue weighted by molar-refractivity contribution is 0.318. The molecular formula is C13H18ClN3O. The predicted molar refractivity (Wildman–Crippen MR) is 74.6 cm³/mol. The molecule has 1 aromatic carbocycles. The van der Waals surface area contributed by atoms with Crippen LogP contribution in [0.3, 0.4) is 0 Å². The van der Waals surface area contributed by atoms with Crippen molar-refractivity contribution in [2.75, 3.05) is 11.9 Å². The van der Waals surface area contributed by atoms with Gasteiger partial charge in [0.2, 0.25) is 0 Å². The summed E-state index contributed by atoms with van der Waals surface area (Å²) in [4.78, 5) is 2.19. The number of halogens is 1. The number of hydrogen-bond donors (Lipinski definition) is 2. The Morgan fingerprint density at radius 3 is 2.72 bits per heavy atom. The summed E-state index contributed by atoms with van der Waals surface area (Å²) in [5, 5.41) is 12.2. The number of anilines is 1. The number of benzene rings is 1. The molecule has 1 atom stereocenters. The van der Waals surface area contributed by atoms with Crippen molar-refractivity contribution in [2.45, 2.75) is 25.8 Å². The van der Waals surface area contributed by atoms with Crippen molar-refractivity contribution in [1.29, 1.82) is 0 Å². The molecule has 1 aliphatic carbocycles. The van der Waals surface area contributed by atoms with E-state index in [0.717, 1.165) is 11.6 Å². The summed E-state index contributed by atoms with van der Waals surface area (Å²) in [7, 11) is 2.05. The molecule has 0 heterocycles. The molecule has 0 spiro atoms. The molecular weight excluding hydrogens is 250 g/mol. The van der Waals surface area contributed by atoms with Crippen molar-refractivity contribution in [3.8, 4) is 0 Å². The Hall–Kier alpha value is -1.42. The fourth-order valence-electron chi connectivity index (χ4n) is 2.12. The molecule has 1 saturated carbocycles. The second kappa shape index (κ2) is 5.06. The molecule has 1 aromatic rings. The molecule has 1 unspecified atom stereocenters. The summed E-state index contributed by atoms with van der Waals surface area (Å²) < 4.78 is 0. The highest BCUT2D eigenvalue weighted by molar-refractivity contribution is 6.33. The molecule has 18 heavy (non-hydrogen) atoms. The Kier molecular flexibility index (Phi) is 3.66. The summed E-state index contributed by atoms with van der Waals surface area (Å²) in [6.07, 6.45) is 2.59. The van der Waals surface area contributed by atoms with Crippen LogP contribution in [0.4, 0.5) is 5.69 Å². The van der Waals surface area contributed by atoms with Gasteiger partial charge in [-0.05, 0) is 43.9 Å². The quantitative estimate of drug-likeness (QED) is 0.382. The van der Waals surface area contributed by atoms with Gasteiger partial charge in [0.15, 0.2) is 5.84 Å². The summed E-state index contributed by atoms with van der Waals surface area (Å²) >= 11 is 6.26. The predicted octanol–water partition coefficient (Wildman–Crippen LogP) is 2.67. The van der Waals surface area contributed by atoms with Crippen molar-refractivity contribution in [1.82, 2.24) is 0 Å². The first-order chi connectivity index (χ1) is 8.54. The standard InChI is InChI=1S/C13H18ClN3O/c1-8(9-3-4-9)17(2)12-6-5-10(7-11(12)14)13(15)16-18/h5-9,18H,3-4H2,1-2H3,(H2,15,16). The molecule has 0 bridgehead atoms. The Labute approximate surface area is 112 Å². The first-order valence-corrected chi connectivity index (χ1v) is 6.42. The van der Waals surface area contributed by atoms with E-state index in [-0.39, 0.29) is 5.84 Å². The van der Waals surface area contributed by atoms with Crippen LogP contribution in [0.5, 0.6) is 0 Å². The van der Waals surface area contributed by atoms with E-state index in [1.807, 2.05) is 19.2 Å². The third-order valence-corrected chi connectivity index (χ3v) is 3.95. The van der Waals surface area contributed by atoms with Gasteiger partial charge < -0.3 is 15.8 Å². The van der Waals surface area contributed by atoms with Crippen molar-refractivity contribution < 1.29 is 5.21 Å². The number of hydrogen-bond acceptors (Lipinski definition) is 3. The first kappa shape index (κ1) is 13.0. The Morgan fingerprint density at radius 1 is 1.56 bits per heavy atom. The lowest BCUT2D eigenvalue weighted by atomic mass is 10.1. The van der Waals surface area contributed by atoms with Crippen LogP contribution >= 0.6 is 11.6 Å². The summed E-state index contributed by atoms with van der Waals surface area (Å²) in [6.45, 7) is 2.21. The zero-order valence-electron chi connectivity index (χ0n) is 10.6. The third kappa shape index (κ3) is 2.53. The number of oxime groups is 1. The van der Waals surface area contributed by atoms with Crippen LogP contribution in [0.2, 0.25) is 5.02 Å². The van der Waals surface area contributed by atoms with Crippen LogP contribution in [0.25, 0.3) is 0 Å². The van der Waals surface area contributed by atoms with Gasteiger partial charge in [-0.1, -0.05) is 16.8 Å². The van der Waals surface area contributed by atoms with Crippen LogP contribution in [-0.4, -0.2) is 24.1 Å². The second-order valence-electron chi connectivity index (χ2n) is 4.84. The monoisotopic (exact) mass is 267 g/mol. The Balaban J connectivity index is 2.23. The van der Waals surface area contributed by atoms with E-state index in [0.29, 0.717) is 16.6 Å². The van der Waals surface area contributed by atoms with E-state index in [1.54, 1.807) is 6.07 Å². The lowest BCUT2D eigenvalue weighted by Crippen LogP contribution is -2.30. The molecule has 1 fully saturated rings. The van der Waals surface area contributed by atoms with E-state index in [9.17, 15) is 0 Å². The first-order valence-electron chi connectivity index (χ1n) is 6.05. The average Bonchev–Trinajstić information content (AvgIpc) is 3.20. The molecule has 0 radical (unpaired) electrons. The molecule has 2 rings (SSSR count). The van der Waals surface area contributed by atoms with Crippen LogP contribution < -0.4 is 10.6 Å². The molecule has 1 aliphatic rings. The molecule has 0 aromatic heterocycles. The van der Waals surface area contributed by atoms with Gasteiger partial charge in [0.25, 0.3) is 0 Å². The number of nitrogens with zero attached hydrogens (tertiary/aromatic N) is 2. The zero-order valence-corrected chi connectivity index (χ0v) is 11.4. The van der Waals surface area contributed by atoms with Gasteiger partial charge >= 0.3 is 0 Å². The maximum atomic E-state index is 8.64. The highest BCUT2D eigenvalue weighted by atomic mass is 35.5. The zero-order chi connectivity index (χ0) is 13.3. The third-order valence-electron chi connectivity index (χ3n) is 3.65. The van der Waals surface area contributed by atoms with Crippen molar-refractivity contribution in [3.63, 3.8) is 0 Å². The molecule has 0 amide bonds. The van der Waals surface area contributed by atoms with Gasteiger partial charge in [0, 0.05) is 18.7 Å². The highest BCUT2D eigenvalue weighted by Crippen LogP contribution is 2.38. The highest BCUT2D eigenvalue weighted by Gasteiger charge is 2.31. The minimum Gasteiger partial charge on any atom is -0.409 e. The molecule has 4 nitrogen and oxygen atoms in total. The van der Waals surface area contributed by atoms with Gasteiger partial charge in [-0.15, -0.1) is 0 Å². The topological polar surface area (TPSA) is 61.8 Å². The minimum absolute atomic E-state index is 0.0707.